The van der Waals surface area contributed by atoms with Crippen molar-refractivity contribution in [2.24, 2.45) is 50.2 Å². The normalized spacial score (nSPS) is 47.5. The van der Waals surface area contributed by atoms with E-state index >= 15 is 0 Å². The van der Waals surface area contributed by atoms with Crippen LogP contribution in [0.5, 0.6) is 0 Å². The summed E-state index contributed by atoms with van der Waals surface area (Å²) in [6, 6.07) is 0. The van der Waals surface area contributed by atoms with Crippen LogP contribution in [-0.4, -0.2) is 114 Å². The van der Waals surface area contributed by atoms with Crippen LogP contribution in [0, 0.1) is 50.2 Å². The summed E-state index contributed by atoms with van der Waals surface area (Å²) in [5, 5.41) is 94.6. The minimum Gasteiger partial charge on any atom is -0.481 e. The zero-order valence-corrected chi connectivity index (χ0v) is 29.2. The number of allylic oxidation sites excluding steroid dienone is 1. The van der Waals surface area contributed by atoms with Gasteiger partial charge in [-0.3, -0.25) is 4.79 Å². The average Bonchev–Trinajstić information content (AvgIpc) is 3.03. The molecule has 4 fully saturated rings. The van der Waals surface area contributed by atoms with Gasteiger partial charge >= 0.3 is 11.9 Å². The standard InChI is InChI=1S/C36H58O12/c1-31(2)11-13-36(30(46)47)14-12-34(5)18(23(36)27(31)44)7-8-22-32(3)15-19(39)28(33(4,17-38)21(32)9-10-35(22,34)6)48-29(45)26(43)25(42)24(41)20(40)16-37/h7,19-28,37-44H,8-17H2,1-6H3,(H,46,47)/t19-,20-,21?,22?,23?,24-,25+,26-,27+,28+,32?,33-,34-,35?,36?/m1/s1. The molecule has 0 spiro atoms. The fourth-order valence-corrected chi connectivity index (χ4v) is 11.8. The number of hydrogen-bond acceptors (Lipinski definition) is 11. The molecule has 4 saturated carbocycles. The van der Waals surface area contributed by atoms with Crippen LogP contribution in [-0.2, 0) is 14.3 Å². The van der Waals surface area contributed by atoms with Crippen molar-refractivity contribution in [2.45, 2.75) is 136 Å². The van der Waals surface area contributed by atoms with E-state index in [4.69, 9.17) is 9.84 Å². The predicted octanol–water partition coefficient (Wildman–Crippen LogP) is 1.13. The first-order valence-electron chi connectivity index (χ1n) is 17.6. The molecule has 5 aliphatic rings. The molecule has 0 aromatic rings. The van der Waals surface area contributed by atoms with E-state index in [1.807, 2.05) is 13.8 Å². The molecule has 0 bridgehead atoms. The van der Waals surface area contributed by atoms with Gasteiger partial charge in [0.15, 0.2) is 6.10 Å². The van der Waals surface area contributed by atoms with Crippen LogP contribution in [0.4, 0.5) is 0 Å². The van der Waals surface area contributed by atoms with Crippen LogP contribution in [0.25, 0.3) is 0 Å². The SMILES string of the molecule is CC12C[C@@H](O)[C@H](OC(=O)[C@H](O)[C@@H](O)[C@H](O)[C@H](O)CO)[C@](C)(CO)C1CCC1(C)C2CC=C2C3[C@H](O)C(C)(C)CCC3(C(=O)O)CC[C@]21C. The average molecular weight is 683 g/mol. The molecule has 0 heterocycles. The van der Waals surface area contributed by atoms with Crippen LogP contribution in [0.1, 0.15) is 92.9 Å². The smallest absolute Gasteiger partial charge is 0.338 e. The topological polar surface area (TPSA) is 225 Å². The zero-order valence-electron chi connectivity index (χ0n) is 29.2. The Bertz CT molecular complexity index is 1300. The molecule has 5 rings (SSSR count). The molecule has 6 unspecified atom stereocenters. The Balaban J connectivity index is 1.48. The molecule has 0 amide bonds. The molecular formula is C36H58O12. The second-order valence-corrected chi connectivity index (χ2v) is 17.6. The Morgan fingerprint density at radius 2 is 1.52 bits per heavy atom. The summed E-state index contributed by atoms with van der Waals surface area (Å²) < 4.78 is 5.63. The molecule has 12 nitrogen and oxygen atoms in total. The number of ether oxygens (including phenoxy) is 1. The highest BCUT2D eigenvalue weighted by Gasteiger charge is 2.72. The number of aliphatic carboxylic acids is 1. The highest BCUT2D eigenvalue weighted by atomic mass is 16.6. The third-order valence-corrected chi connectivity index (χ3v) is 15.1. The summed E-state index contributed by atoms with van der Waals surface area (Å²) in [6.45, 7) is 11.0. The summed E-state index contributed by atoms with van der Waals surface area (Å²) >= 11 is 0. The minimum absolute atomic E-state index is 0.00303. The number of carbonyl (C=O) groups is 2. The second-order valence-electron chi connectivity index (χ2n) is 17.6. The van der Waals surface area contributed by atoms with Crippen LogP contribution in [0.15, 0.2) is 11.6 Å². The summed E-state index contributed by atoms with van der Waals surface area (Å²) in [4.78, 5) is 26.0. The third kappa shape index (κ3) is 5.06. The number of esters is 1. The molecule has 0 radical (unpaired) electrons. The zero-order chi connectivity index (χ0) is 36.0. The molecule has 0 aliphatic heterocycles. The van der Waals surface area contributed by atoms with Crippen molar-refractivity contribution in [3.8, 4) is 0 Å². The van der Waals surface area contributed by atoms with Crippen molar-refractivity contribution in [1.82, 2.24) is 0 Å². The number of aliphatic hydroxyl groups is 8. The van der Waals surface area contributed by atoms with Gasteiger partial charge in [0.2, 0.25) is 0 Å². The van der Waals surface area contributed by atoms with E-state index in [2.05, 4.69) is 26.8 Å². The minimum atomic E-state index is -2.29. The number of aliphatic hydroxyl groups excluding tert-OH is 8. The fraction of sp³-hybridized carbons (Fsp3) is 0.889. The first-order valence-corrected chi connectivity index (χ1v) is 17.6. The summed E-state index contributed by atoms with van der Waals surface area (Å²) in [5.41, 5.74) is -2.90. The molecule has 15 atom stereocenters. The largest absolute Gasteiger partial charge is 0.481 e. The van der Waals surface area contributed by atoms with Crippen molar-refractivity contribution in [2.75, 3.05) is 13.2 Å². The maximum atomic E-state index is 13.0. The maximum Gasteiger partial charge on any atom is 0.338 e. The van der Waals surface area contributed by atoms with Crippen molar-refractivity contribution in [3.63, 3.8) is 0 Å². The second kappa shape index (κ2) is 12.3. The molecule has 9 N–H and O–H groups in total. The highest BCUT2D eigenvalue weighted by molar-refractivity contribution is 5.77. The lowest BCUT2D eigenvalue weighted by Gasteiger charge is -2.71. The van der Waals surface area contributed by atoms with Crippen molar-refractivity contribution in [1.29, 1.82) is 0 Å². The number of fused-ring (bicyclic) bond motifs is 7. The van der Waals surface area contributed by atoms with E-state index in [-0.39, 0.29) is 23.7 Å². The lowest BCUT2D eigenvalue weighted by molar-refractivity contribution is -0.255. The molecule has 12 heteroatoms. The maximum absolute atomic E-state index is 13.0. The first kappa shape index (κ1) is 37.6. The monoisotopic (exact) mass is 682 g/mol. The lowest BCUT2D eigenvalue weighted by atomic mass is 9.33. The number of carboxylic acid groups (broad SMARTS) is 1. The molecule has 48 heavy (non-hydrogen) atoms. The van der Waals surface area contributed by atoms with E-state index in [9.17, 15) is 50.4 Å². The van der Waals surface area contributed by atoms with Crippen LogP contribution in [0.3, 0.4) is 0 Å². The van der Waals surface area contributed by atoms with Gasteiger partial charge in [0.25, 0.3) is 0 Å². The van der Waals surface area contributed by atoms with Crippen molar-refractivity contribution < 1.29 is 60.3 Å². The van der Waals surface area contributed by atoms with E-state index in [0.717, 1.165) is 12.0 Å². The Hall–Kier alpha value is -1.64. The van der Waals surface area contributed by atoms with Gasteiger partial charge in [-0.15, -0.1) is 0 Å². The summed E-state index contributed by atoms with van der Waals surface area (Å²) in [7, 11) is 0. The van der Waals surface area contributed by atoms with Crippen LogP contribution >= 0.6 is 0 Å². The molecule has 5 aliphatic carbocycles. The number of carboxylic acids is 1. The highest BCUT2D eigenvalue weighted by Crippen LogP contribution is 2.76. The van der Waals surface area contributed by atoms with Crippen LogP contribution < -0.4 is 0 Å². The van der Waals surface area contributed by atoms with Gasteiger partial charge in [-0.05, 0) is 84.9 Å². The Kier molecular flexibility index (Phi) is 9.60. The van der Waals surface area contributed by atoms with Gasteiger partial charge in [0.1, 0.15) is 24.4 Å². The molecule has 0 saturated heterocycles. The van der Waals surface area contributed by atoms with Gasteiger partial charge < -0.3 is 50.7 Å². The number of rotatable bonds is 8. The fourth-order valence-electron chi connectivity index (χ4n) is 11.8. The predicted molar refractivity (Wildman–Crippen MR) is 172 cm³/mol. The van der Waals surface area contributed by atoms with Gasteiger partial charge in [0, 0.05) is 11.3 Å². The van der Waals surface area contributed by atoms with Crippen LogP contribution in [0.2, 0.25) is 0 Å². The number of hydrogen-bond donors (Lipinski definition) is 9. The van der Waals surface area contributed by atoms with E-state index < -0.39 is 101 Å². The summed E-state index contributed by atoms with van der Waals surface area (Å²) in [5.74, 6) is -2.93. The van der Waals surface area contributed by atoms with Gasteiger partial charge in [-0.1, -0.05) is 53.2 Å². The summed E-state index contributed by atoms with van der Waals surface area (Å²) in [6.07, 6.45) is -5.06. The quantitative estimate of drug-likeness (QED) is 0.130. The van der Waals surface area contributed by atoms with E-state index in [1.54, 1.807) is 6.92 Å². The Morgan fingerprint density at radius 1 is 0.896 bits per heavy atom. The van der Waals surface area contributed by atoms with E-state index in [1.165, 1.54) is 0 Å². The van der Waals surface area contributed by atoms with E-state index in [0.29, 0.717) is 38.5 Å². The first-order chi connectivity index (χ1) is 22.1. The lowest BCUT2D eigenvalue weighted by Crippen LogP contribution is -2.69. The molecular weight excluding hydrogens is 624 g/mol. The van der Waals surface area contributed by atoms with Crippen molar-refractivity contribution in [3.05, 3.63) is 11.6 Å². The molecule has 274 valence electrons. The van der Waals surface area contributed by atoms with Gasteiger partial charge in [-0.25, -0.2) is 4.79 Å². The third-order valence-electron chi connectivity index (χ3n) is 15.1. The molecule has 0 aromatic heterocycles. The number of carbonyl (C=O) groups excluding carboxylic acids is 1. The van der Waals surface area contributed by atoms with Gasteiger partial charge in [-0.2, -0.15) is 0 Å². The van der Waals surface area contributed by atoms with Crippen molar-refractivity contribution >= 4 is 11.9 Å². The molecule has 0 aromatic carbocycles. The van der Waals surface area contributed by atoms with Gasteiger partial charge in [0.05, 0.1) is 30.8 Å². The Morgan fingerprint density at radius 3 is 2.10 bits per heavy atom. The Labute approximate surface area is 282 Å².